The smallest absolute Gasteiger partial charge is 0.228 e. The molecule has 0 saturated carbocycles. The van der Waals surface area contributed by atoms with Gasteiger partial charge in [-0.3, -0.25) is 4.79 Å². The Bertz CT molecular complexity index is 617. The quantitative estimate of drug-likeness (QED) is 0.911. The Morgan fingerprint density at radius 2 is 2.16 bits per heavy atom. The lowest BCUT2D eigenvalue weighted by Crippen LogP contribution is -2.32. The van der Waals surface area contributed by atoms with Crippen molar-refractivity contribution in [3.63, 3.8) is 0 Å². The predicted molar refractivity (Wildman–Crippen MR) is 77.4 cm³/mol. The number of carbonyl (C=O) groups is 1. The molecule has 2 heterocycles. The summed E-state index contributed by atoms with van der Waals surface area (Å²) in [6, 6.07) is 8.49. The second-order valence-corrected chi connectivity index (χ2v) is 5.11. The summed E-state index contributed by atoms with van der Waals surface area (Å²) >= 11 is 0. The number of anilines is 1. The Kier molecular flexibility index (Phi) is 3.03. The van der Waals surface area contributed by atoms with Crippen molar-refractivity contribution < 1.29 is 4.79 Å². The fourth-order valence-corrected chi connectivity index (χ4v) is 2.90. The molecule has 4 heteroatoms. The van der Waals surface area contributed by atoms with Crippen LogP contribution < -0.4 is 10.2 Å². The number of rotatable bonds is 3. The maximum Gasteiger partial charge on any atom is 0.228 e. The van der Waals surface area contributed by atoms with Crippen molar-refractivity contribution in [1.29, 1.82) is 0 Å². The third kappa shape index (κ3) is 2.02. The molecule has 1 atom stereocenters. The van der Waals surface area contributed by atoms with Crippen molar-refractivity contribution in [2.24, 2.45) is 7.05 Å². The second kappa shape index (κ2) is 4.70. The van der Waals surface area contributed by atoms with Crippen LogP contribution in [0.25, 0.3) is 10.9 Å². The zero-order chi connectivity index (χ0) is 13.4. The molecule has 4 nitrogen and oxygen atoms in total. The van der Waals surface area contributed by atoms with Crippen LogP contribution in [-0.4, -0.2) is 29.6 Å². The van der Waals surface area contributed by atoms with Gasteiger partial charge in [0.2, 0.25) is 5.91 Å². The number of carbonyl (C=O) groups excluding carboxylic acids is 1. The molecule has 100 valence electrons. The van der Waals surface area contributed by atoms with Crippen LogP contribution in [0.15, 0.2) is 30.5 Å². The van der Waals surface area contributed by atoms with Crippen LogP contribution >= 0.6 is 0 Å². The van der Waals surface area contributed by atoms with E-state index in [-0.39, 0.29) is 11.9 Å². The first-order valence-electron chi connectivity index (χ1n) is 6.78. The van der Waals surface area contributed by atoms with Gasteiger partial charge in [-0.05, 0) is 12.6 Å². The van der Waals surface area contributed by atoms with Crippen LogP contribution in [0.2, 0.25) is 0 Å². The van der Waals surface area contributed by atoms with Gasteiger partial charge >= 0.3 is 0 Å². The van der Waals surface area contributed by atoms with E-state index in [1.54, 1.807) is 0 Å². The average Bonchev–Trinajstić information content (AvgIpc) is 2.92. The average molecular weight is 257 g/mol. The number of aryl methyl sites for hydroxylation is 1. The molecule has 1 unspecified atom stereocenters. The minimum absolute atomic E-state index is 0.210. The van der Waals surface area contributed by atoms with Crippen LogP contribution in [0, 0.1) is 0 Å². The third-order valence-corrected chi connectivity index (χ3v) is 3.78. The van der Waals surface area contributed by atoms with Gasteiger partial charge < -0.3 is 14.8 Å². The molecule has 2 aromatic rings. The van der Waals surface area contributed by atoms with Gasteiger partial charge in [0.15, 0.2) is 0 Å². The van der Waals surface area contributed by atoms with Gasteiger partial charge in [0.25, 0.3) is 0 Å². The van der Waals surface area contributed by atoms with Gasteiger partial charge in [0, 0.05) is 43.2 Å². The van der Waals surface area contributed by atoms with Crippen molar-refractivity contribution in [1.82, 2.24) is 9.88 Å². The SMILES string of the molecule is CCNC1CC(=O)N(c2cn(C)c3ccccc23)C1. The fourth-order valence-electron chi connectivity index (χ4n) is 2.90. The van der Waals surface area contributed by atoms with Crippen LogP contribution in [-0.2, 0) is 11.8 Å². The first-order chi connectivity index (χ1) is 9.20. The number of benzene rings is 1. The predicted octanol–water partition coefficient (Wildman–Crippen LogP) is 1.89. The first kappa shape index (κ1) is 12.2. The highest BCUT2D eigenvalue weighted by molar-refractivity contribution is 6.05. The Morgan fingerprint density at radius 3 is 2.95 bits per heavy atom. The Labute approximate surface area is 113 Å². The van der Waals surface area contributed by atoms with E-state index >= 15 is 0 Å². The molecule has 1 amide bonds. The Balaban J connectivity index is 1.99. The molecule has 0 aliphatic carbocycles. The monoisotopic (exact) mass is 257 g/mol. The summed E-state index contributed by atoms with van der Waals surface area (Å²) in [5.41, 5.74) is 2.20. The van der Waals surface area contributed by atoms with E-state index in [0.29, 0.717) is 6.42 Å². The van der Waals surface area contributed by atoms with Crippen LogP contribution in [0.1, 0.15) is 13.3 Å². The second-order valence-electron chi connectivity index (χ2n) is 5.11. The van der Waals surface area contributed by atoms with Crippen LogP contribution in [0.3, 0.4) is 0 Å². The highest BCUT2D eigenvalue weighted by Crippen LogP contribution is 2.31. The standard InChI is InChI=1S/C15H19N3O/c1-3-16-11-8-15(19)18(9-11)14-10-17(2)13-7-5-4-6-12(13)14/h4-7,10-11,16H,3,8-9H2,1-2H3. The number of para-hydroxylation sites is 1. The van der Waals surface area contributed by atoms with Crippen molar-refractivity contribution in [2.75, 3.05) is 18.0 Å². The number of aromatic nitrogens is 1. The lowest BCUT2D eigenvalue weighted by molar-refractivity contribution is -0.117. The highest BCUT2D eigenvalue weighted by atomic mass is 16.2. The zero-order valence-corrected chi connectivity index (χ0v) is 11.4. The van der Waals surface area contributed by atoms with E-state index in [0.717, 1.165) is 29.7 Å². The molecule has 1 saturated heterocycles. The molecule has 3 rings (SSSR count). The van der Waals surface area contributed by atoms with E-state index in [2.05, 4.69) is 35.1 Å². The van der Waals surface area contributed by atoms with Gasteiger partial charge in [0.1, 0.15) is 0 Å². The topological polar surface area (TPSA) is 37.3 Å². The van der Waals surface area contributed by atoms with E-state index in [4.69, 9.17) is 0 Å². The van der Waals surface area contributed by atoms with Crippen molar-refractivity contribution in [3.8, 4) is 0 Å². The molecule has 0 bridgehead atoms. The summed E-state index contributed by atoms with van der Waals surface area (Å²) < 4.78 is 2.08. The number of hydrogen-bond donors (Lipinski definition) is 1. The van der Waals surface area contributed by atoms with Gasteiger partial charge in [-0.1, -0.05) is 25.1 Å². The normalized spacial score (nSPS) is 19.6. The minimum Gasteiger partial charge on any atom is -0.348 e. The van der Waals surface area contributed by atoms with Gasteiger partial charge in [-0.2, -0.15) is 0 Å². The Hall–Kier alpha value is -1.81. The summed E-state index contributed by atoms with van der Waals surface area (Å²) in [5.74, 6) is 0.210. The largest absolute Gasteiger partial charge is 0.348 e. The molecule has 1 aliphatic heterocycles. The maximum absolute atomic E-state index is 12.2. The van der Waals surface area contributed by atoms with Crippen molar-refractivity contribution in [2.45, 2.75) is 19.4 Å². The summed E-state index contributed by atoms with van der Waals surface area (Å²) in [5, 5.41) is 4.51. The number of fused-ring (bicyclic) bond motifs is 1. The minimum atomic E-state index is 0.210. The number of amides is 1. The number of nitrogens with zero attached hydrogens (tertiary/aromatic N) is 2. The van der Waals surface area contributed by atoms with Gasteiger partial charge in [0.05, 0.1) is 5.69 Å². The number of hydrogen-bond acceptors (Lipinski definition) is 2. The van der Waals surface area contributed by atoms with Gasteiger partial charge in [-0.25, -0.2) is 0 Å². The summed E-state index contributed by atoms with van der Waals surface area (Å²) in [7, 11) is 2.02. The lowest BCUT2D eigenvalue weighted by Gasteiger charge is -2.16. The summed E-state index contributed by atoms with van der Waals surface area (Å²) in [4.78, 5) is 14.1. The fraction of sp³-hybridized carbons (Fsp3) is 0.400. The molecule has 0 spiro atoms. The molecular weight excluding hydrogens is 238 g/mol. The molecule has 19 heavy (non-hydrogen) atoms. The Morgan fingerprint density at radius 1 is 1.37 bits per heavy atom. The third-order valence-electron chi connectivity index (χ3n) is 3.78. The summed E-state index contributed by atoms with van der Waals surface area (Å²) in [6.45, 7) is 3.74. The van der Waals surface area contributed by atoms with Crippen LogP contribution in [0.5, 0.6) is 0 Å². The van der Waals surface area contributed by atoms with E-state index in [1.165, 1.54) is 0 Å². The number of nitrogens with one attached hydrogen (secondary N) is 1. The van der Waals surface area contributed by atoms with Crippen LogP contribution in [0.4, 0.5) is 5.69 Å². The first-order valence-corrected chi connectivity index (χ1v) is 6.78. The highest BCUT2D eigenvalue weighted by Gasteiger charge is 2.31. The molecule has 1 aromatic carbocycles. The van der Waals surface area contributed by atoms with E-state index in [1.807, 2.05) is 24.1 Å². The van der Waals surface area contributed by atoms with Gasteiger partial charge in [-0.15, -0.1) is 0 Å². The molecule has 1 fully saturated rings. The molecule has 1 aromatic heterocycles. The zero-order valence-electron chi connectivity index (χ0n) is 11.4. The molecule has 0 radical (unpaired) electrons. The molecule has 1 aliphatic rings. The lowest BCUT2D eigenvalue weighted by atomic mass is 10.2. The van der Waals surface area contributed by atoms with Crippen molar-refractivity contribution in [3.05, 3.63) is 30.5 Å². The number of likely N-dealkylation sites (N-methyl/N-ethyl adjacent to an activating group) is 1. The molecular formula is C15H19N3O. The van der Waals surface area contributed by atoms with Crippen molar-refractivity contribution >= 4 is 22.5 Å². The molecule has 1 N–H and O–H groups in total. The van der Waals surface area contributed by atoms with E-state index < -0.39 is 0 Å². The maximum atomic E-state index is 12.2. The summed E-state index contributed by atoms with van der Waals surface area (Å²) in [6.07, 6.45) is 2.65. The van der Waals surface area contributed by atoms with E-state index in [9.17, 15) is 4.79 Å².